The van der Waals surface area contributed by atoms with Crippen molar-refractivity contribution in [1.82, 2.24) is 9.97 Å². The fourth-order valence-electron chi connectivity index (χ4n) is 1.76. The van der Waals surface area contributed by atoms with Gasteiger partial charge >= 0.3 is 0 Å². The van der Waals surface area contributed by atoms with Crippen molar-refractivity contribution in [2.45, 2.75) is 20.0 Å². The number of nitrogens with one attached hydrogen (secondary N) is 1. The lowest BCUT2D eigenvalue weighted by Crippen LogP contribution is -2.20. The van der Waals surface area contributed by atoms with Gasteiger partial charge in [-0.2, -0.15) is 4.98 Å². The number of aromatic nitrogens is 2. The third-order valence-corrected chi connectivity index (χ3v) is 2.66. The van der Waals surface area contributed by atoms with Gasteiger partial charge in [0.2, 0.25) is 11.8 Å². The lowest BCUT2D eigenvalue weighted by Gasteiger charge is -2.15. The van der Waals surface area contributed by atoms with Crippen molar-refractivity contribution in [2.75, 3.05) is 25.6 Å². The molecule has 0 fully saturated rings. The lowest BCUT2D eigenvalue weighted by atomic mass is 10.2. The van der Waals surface area contributed by atoms with E-state index in [9.17, 15) is 0 Å². The van der Waals surface area contributed by atoms with Gasteiger partial charge in [-0.3, -0.25) is 0 Å². The van der Waals surface area contributed by atoms with Crippen molar-refractivity contribution < 1.29 is 9.47 Å². The number of fused-ring (bicyclic) bond motifs is 1. The molecule has 0 radical (unpaired) electrons. The first-order valence-corrected chi connectivity index (χ1v) is 6.43. The number of hydrogen-bond donors (Lipinski definition) is 1. The second-order valence-corrected chi connectivity index (χ2v) is 4.21. The first kappa shape index (κ1) is 13.5. The van der Waals surface area contributed by atoms with Crippen molar-refractivity contribution in [3.8, 4) is 5.88 Å². The summed E-state index contributed by atoms with van der Waals surface area (Å²) in [6.07, 6.45) is -0.0528. The van der Waals surface area contributed by atoms with Crippen LogP contribution >= 0.6 is 0 Å². The van der Waals surface area contributed by atoms with E-state index < -0.39 is 0 Å². The minimum Gasteiger partial charge on any atom is -0.472 e. The van der Waals surface area contributed by atoms with E-state index in [-0.39, 0.29) is 6.10 Å². The number of benzene rings is 1. The predicted octanol–water partition coefficient (Wildman–Crippen LogP) is 2.48. The Labute approximate surface area is 113 Å². The third kappa shape index (κ3) is 3.32. The Morgan fingerprint density at radius 3 is 2.79 bits per heavy atom. The van der Waals surface area contributed by atoms with Gasteiger partial charge in [0.15, 0.2) is 0 Å². The van der Waals surface area contributed by atoms with Crippen LogP contribution in [0.4, 0.5) is 5.95 Å². The number of rotatable bonds is 6. The van der Waals surface area contributed by atoms with E-state index in [4.69, 9.17) is 9.47 Å². The molecule has 0 saturated carbocycles. The third-order valence-electron chi connectivity index (χ3n) is 2.66. The zero-order chi connectivity index (χ0) is 13.7. The van der Waals surface area contributed by atoms with Crippen molar-refractivity contribution in [1.29, 1.82) is 0 Å². The summed E-state index contributed by atoms with van der Waals surface area (Å²) in [6, 6.07) is 7.79. The Hall–Kier alpha value is -1.88. The van der Waals surface area contributed by atoms with Crippen LogP contribution in [0.15, 0.2) is 24.3 Å². The molecule has 5 nitrogen and oxygen atoms in total. The maximum absolute atomic E-state index is 5.86. The van der Waals surface area contributed by atoms with E-state index in [0.717, 1.165) is 10.9 Å². The molecule has 0 aliphatic heterocycles. The predicted molar refractivity (Wildman–Crippen MR) is 75.7 cm³/mol. The molecule has 1 heterocycles. The summed E-state index contributed by atoms with van der Waals surface area (Å²) in [5.74, 6) is 1.14. The molecule has 0 saturated heterocycles. The molecular weight excluding hydrogens is 242 g/mol. The van der Waals surface area contributed by atoms with Crippen LogP contribution in [0.1, 0.15) is 13.8 Å². The molecule has 102 valence electrons. The summed E-state index contributed by atoms with van der Waals surface area (Å²) in [5.41, 5.74) is 0.862. The van der Waals surface area contributed by atoms with Crippen LogP contribution in [-0.4, -0.2) is 36.3 Å². The molecule has 0 aliphatic rings. The van der Waals surface area contributed by atoms with Crippen LogP contribution in [0.2, 0.25) is 0 Å². The summed E-state index contributed by atoms with van der Waals surface area (Å²) >= 11 is 0. The fourth-order valence-corrected chi connectivity index (χ4v) is 1.76. The molecule has 2 rings (SSSR count). The van der Waals surface area contributed by atoms with E-state index in [2.05, 4.69) is 15.3 Å². The zero-order valence-corrected chi connectivity index (χ0v) is 11.5. The summed E-state index contributed by atoms with van der Waals surface area (Å²) in [6.45, 7) is 5.15. The fraction of sp³-hybridized carbons (Fsp3) is 0.429. The Morgan fingerprint density at radius 1 is 1.26 bits per heavy atom. The smallest absolute Gasteiger partial charge is 0.226 e. The number of hydrogen-bond acceptors (Lipinski definition) is 5. The van der Waals surface area contributed by atoms with Crippen molar-refractivity contribution >= 4 is 16.9 Å². The summed E-state index contributed by atoms with van der Waals surface area (Å²) in [4.78, 5) is 8.76. The first-order chi connectivity index (χ1) is 9.24. The maximum Gasteiger partial charge on any atom is 0.226 e. The van der Waals surface area contributed by atoms with Gasteiger partial charge < -0.3 is 14.8 Å². The number of ether oxygens (including phenoxy) is 2. The second kappa shape index (κ2) is 6.33. The molecular formula is C14H19N3O2. The van der Waals surface area contributed by atoms with E-state index >= 15 is 0 Å². The number of para-hydroxylation sites is 1. The molecule has 0 amide bonds. The summed E-state index contributed by atoms with van der Waals surface area (Å²) in [5, 5.41) is 3.85. The molecule has 0 bridgehead atoms. The minimum absolute atomic E-state index is 0.0528. The van der Waals surface area contributed by atoms with Crippen LogP contribution in [0, 0.1) is 0 Å². The highest BCUT2D eigenvalue weighted by atomic mass is 16.5. The Balaban J connectivity index is 2.29. The molecule has 0 aliphatic carbocycles. The molecule has 1 N–H and O–H groups in total. The van der Waals surface area contributed by atoms with Gasteiger partial charge in [0.05, 0.1) is 17.5 Å². The molecule has 5 heteroatoms. The van der Waals surface area contributed by atoms with Crippen molar-refractivity contribution in [3.63, 3.8) is 0 Å². The van der Waals surface area contributed by atoms with E-state index in [0.29, 0.717) is 25.0 Å². The Morgan fingerprint density at radius 2 is 2.05 bits per heavy atom. The van der Waals surface area contributed by atoms with Gasteiger partial charge in [0.1, 0.15) is 6.10 Å². The maximum atomic E-state index is 5.86. The average Bonchev–Trinajstić information content (AvgIpc) is 2.44. The monoisotopic (exact) mass is 261 g/mol. The first-order valence-electron chi connectivity index (χ1n) is 6.43. The highest BCUT2D eigenvalue weighted by molar-refractivity contribution is 5.84. The number of nitrogens with zero attached hydrogens (tertiary/aromatic N) is 2. The van der Waals surface area contributed by atoms with Crippen LogP contribution in [0.5, 0.6) is 5.88 Å². The van der Waals surface area contributed by atoms with E-state index in [1.165, 1.54) is 0 Å². The van der Waals surface area contributed by atoms with Gasteiger partial charge in [0, 0.05) is 13.7 Å². The van der Waals surface area contributed by atoms with E-state index in [1.54, 1.807) is 7.05 Å². The standard InChI is InChI=1S/C14H19N3O2/c1-4-18-9-10(2)19-13-11-7-5-6-8-12(11)16-14(15-3)17-13/h5-8,10H,4,9H2,1-3H3,(H,15,16,17). The molecule has 1 aromatic carbocycles. The Bertz CT molecular complexity index is 545. The van der Waals surface area contributed by atoms with Gasteiger partial charge in [-0.25, -0.2) is 4.98 Å². The molecule has 1 aromatic heterocycles. The highest BCUT2D eigenvalue weighted by Crippen LogP contribution is 2.24. The highest BCUT2D eigenvalue weighted by Gasteiger charge is 2.11. The molecule has 2 aromatic rings. The molecule has 19 heavy (non-hydrogen) atoms. The topological polar surface area (TPSA) is 56.3 Å². The van der Waals surface area contributed by atoms with Gasteiger partial charge in [-0.15, -0.1) is 0 Å². The second-order valence-electron chi connectivity index (χ2n) is 4.21. The Kier molecular flexibility index (Phi) is 4.52. The molecule has 0 spiro atoms. The SMILES string of the molecule is CCOCC(C)Oc1nc(NC)nc2ccccc12. The zero-order valence-electron chi connectivity index (χ0n) is 11.5. The summed E-state index contributed by atoms with van der Waals surface area (Å²) in [7, 11) is 1.79. The van der Waals surface area contributed by atoms with Crippen molar-refractivity contribution in [3.05, 3.63) is 24.3 Å². The van der Waals surface area contributed by atoms with Crippen LogP contribution in [0.3, 0.4) is 0 Å². The van der Waals surface area contributed by atoms with Gasteiger partial charge in [-0.1, -0.05) is 12.1 Å². The number of anilines is 1. The molecule has 1 unspecified atom stereocenters. The van der Waals surface area contributed by atoms with Crippen LogP contribution < -0.4 is 10.1 Å². The van der Waals surface area contributed by atoms with Gasteiger partial charge in [-0.05, 0) is 26.0 Å². The quantitative estimate of drug-likeness (QED) is 0.865. The van der Waals surface area contributed by atoms with Crippen molar-refractivity contribution in [2.24, 2.45) is 0 Å². The molecule has 1 atom stereocenters. The largest absolute Gasteiger partial charge is 0.472 e. The van der Waals surface area contributed by atoms with Crippen LogP contribution in [-0.2, 0) is 4.74 Å². The van der Waals surface area contributed by atoms with E-state index in [1.807, 2.05) is 38.1 Å². The normalized spacial score (nSPS) is 12.4. The average molecular weight is 261 g/mol. The van der Waals surface area contributed by atoms with Crippen LogP contribution in [0.25, 0.3) is 10.9 Å². The minimum atomic E-state index is -0.0528. The van der Waals surface area contributed by atoms with Gasteiger partial charge in [0.25, 0.3) is 0 Å². The summed E-state index contributed by atoms with van der Waals surface area (Å²) < 4.78 is 11.2. The lowest BCUT2D eigenvalue weighted by molar-refractivity contribution is 0.0642.